The van der Waals surface area contributed by atoms with Crippen LogP contribution in [0, 0.1) is 41.5 Å². The van der Waals surface area contributed by atoms with E-state index in [1.807, 2.05) is 0 Å². The Kier molecular flexibility index (Phi) is 4.58. The van der Waals surface area contributed by atoms with E-state index in [1.54, 1.807) is 0 Å². The van der Waals surface area contributed by atoms with Crippen LogP contribution in [0.25, 0.3) is 54.6 Å². The van der Waals surface area contributed by atoms with Gasteiger partial charge in [-0.3, -0.25) is 0 Å². The molecule has 166 valence electrons. The second-order valence-electron chi connectivity index (χ2n) is 10.2. The molecule has 0 heterocycles. The van der Waals surface area contributed by atoms with Crippen molar-refractivity contribution in [3.05, 3.63) is 106 Å². The monoisotopic (exact) mass is 438 g/mol. The standard InChI is InChI=1S/C34H30/c1-19-14-21(3)30(22(4)15-19)29-18-27-11-10-25-8-7-9-26-12-13-28(33(27)32(25)26)34(29)31-23(5)16-20(2)17-24(31)6/h7-18H,1-6H3. The van der Waals surface area contributed by atoms with Gasteiger partial charge in [-0.15, -0.1) is 0 Å². The normalized spacial score (nSPS) is 11.8. The minimum absolute atomic E-state index is 1.31. The van der Waals surface area contributed by atoms with E-state index in [2.05, 4.69) is 114 Å². The molecule has 0 radical (unpaired) electrons. The van der Waals surface area contributed by atoms with E-state index in [1.165, 1.54) is 88.0 Å². The van der Waals surface area contributed by atoms with E-state index >= 15 is 0 Å². The molecule has 0 spiro atoms. The molecule has 6 rings (SSSR count). The number of hydrogen-bond acceptors (Lipinski definition) is 0. The summed E-state index contributed by atoms with van der Waals surface area (Å²) in [5.74, 6) is 0. The van der Waals surface area contributed by atoms with Gasteiger partial charge in [-0.25, -0.2) is 0 Å². The van der Waals surface area contributed by atoms with Crippen LogP contribution in [-0.4, -0.2) is 0 Å². The Morgan fingerprint density at radius 1 is 0.412 bits per heavy atom. The van der Waals surface area contributed by atoms with Crippen molar-refractivity contribution in [1.82, 2.24) is 0 Å². The maximum Gasteiger partial charge on any atom is -0.00201 e. The van der Waals surface area contributed by atoms with Crippen molar-refractivity contribution >= 4 is 32.3 Å². The van der Waals surface area contributed by atoms with Gasteiger partial charge in [0, 0.05) is 0 Å². The Labute approximate surface area is 202 Å². The Hall–Kier alpha value is -3.64. The van der Waals surface area contributed by atoms with Crippen LogP contribution >= 0.6 is 0 Å². The summed E-state index contributed by atoms with van der Waals surface area (Å²) in [6, 6.07) is 27.7. The molecule has 0 N–H and O–H groups in total. The fraction of sp³-hybridized carbons (Fsp3) is 0.176. The molecule has 0 heteroatoms. The molecule has 0 bridgehead atoms. The summed E-state index contributed by atoms with van der Waals surface area (Å²) in [5, 5.41) is 8.07. The molecule has 0 saturated carbocycles. The summed E-state index contributed by atoms with van der Waals surface area (Å²) >= 11 is 0. The minimum Gasteiger partial charge on any atom is -0.0610 e. The molecule has 0 aliphatic carbocycles. The van der Waals surface area contributed by atoms with Crippen molar-refractivity contribution < 1.29 is 0 Å². The van der Waals surface area contributed by atoms with Crippen molar-refractivity contribution in [3.63, 3.8) is 0 Å². The van der Waals surface area contributed by atoms with Gasteiger partial charge < -0.3 is 0 Å². The lowest BCUT2D eigenvalue weighted by Gasteiger charge is -2.23. The number of rotatable bonds is 2. The van der Waals surface area contributed by atoms with Gasteiger partial charge in [0.05, 0.1) is 0 Å². The lowest BCUT2D eigenvalue weighted by molar-refractivity contribution is 1.31. The van der Waals surface area contributed by atoms with Crippen molar-refractivity contribution in [1.29, 1.82) is 0 Å². The Morgan fingerprint density at radius 2 is 0.912 bits per heavy atom. The van der Waals surface area contributed by atoms with Crippen LogP contribution in [0.4, 0.5) is 0 Å². The van der Waals surface area contributed by atoms with Gasteiger partial charge in [0.25, 0.3) is 0 Å². The minimum atomic E-state index is 1.31. The molecule has 0 aliphatic heterocycles. The quantitative estimate of drug-likeness (QED) is 0.236. The van der Waals surface area contributed by atoms with Crippen LogP contribution in [0.3, 0.4) is 0 Å². The van der Waals surface area contributed by atoms with Crippen LogP contribution in [0.15, 0.2) is 72.8 Å². The summed E-state index contributed by atoms with van der Waals surface area (Å²) in [7, 11) is 0. The zero-order chi connectivity index (χ0) is 23.7. The first-order chi connectivity index (χ1) is 16.3. The SMILES string of the molecule is Cc1cc(C)c(-c2cc3ccc4cccc5ccc(c2-c2c(C)cc(C)cc2C)c3c45)c(C)c1. The average molecular weight is 439 g/mol. The first kappa shape index (κ1) is 20.9. The molecule has 6 aromatic rings. The van der Waals surface area contributed by atoms with Gasteiger partial charge in [-0.05, 0) is 124 Å². The average Bonchev–Trinajstić information content (AvgIpc) is 2.77. The first-order valence-corrected chi connectivity index (χ1v) is 12.2. The van der Waals surface area contributed by atoms with Gasteiger partial charge in [-0.1, -0.05) is 77.9 Å². The summed E-state index contributed by atoms with van der Waals surface area (Å²) in [6.45, 7) is 13.5. The van der Waals surface area contributed by atoms with Crippen LogP contribution < -0.4 is 0 Å². The largest absolute Gasteiger partial charge is 0.0610 e. The van der Waals surface area contributed by atoms with Gasteiger partial charge in [0.2, 0.25) is 0 Å². The van der Waals surface area contributed by atoms with E-state index in [9.17, 15) is 0 Å². The van der Waals surface area contributed by atoms with Gasteiger partial charge in [0.1, 0.15) is 0 Å². The zero-order valence-electron chi connectivity index (χ0n) is 20.9. The summed E-state index contributed by atoms with van der Waals surface area (Å²) in [6.07, 6.45) is 0. The molecule has 34 heavy (non-hydrogen) atoms. The lowest BCUT2D eigenvalue weighted by atomic mass is 9.80. The highest BCUT2D eigenvalue weighted by atomic mass is 14.2. The predicted molar refractivity (Wildman–Crippen MR) is 149 cm³/mol. The molecule has 6 aromatic carbocycles. The maximum atomic E-state index is 2.45. The fourth-order valence-electron chi connectivity index (χ4n) is 6.46. The highest BCUT2D eigenvalue weighted by molar-refractivity contribution is 6.27. The molecule has 0 atom stereocenters. The van der Waals surface area contributed by atoms with E-state index in [0.29, 0.717) is 0 Å². The smallest absolute Gasteiger partial charge is 0.00201 e. The Morgan fingerprint density at radius 3 is 1.50 bits per heavy atom. The number of aryl methyl sites for hydroxylation is 6. The second-order valence-corrected chi connectivity index (χ2v) is 10.2. The van der Waals surface area contributed by atoms with Crippen LogP contribution in [-0.2, 0) is 0 Å². The topological polar surface area (TPSA) is 0 Å². The molecule has 0 fully saturated rings. The fourth-order valence-corrected chi connectivity index (χ4v) is 6.46. The van der Waals surface area contributed by atoms with Crippen LogP contribution in [0.5, 0.6) is 0 Å². The summed E-state index contributed by atoms with van der Waals surface area (Å²) in [4.78, 5) is 0. The zero-order valence-corrected chi connectivity index (χ0v) is 20.9. The third-order valence-corrected chi connectivity index (χ3v) is 7.52. The molecule has 0 aliphatic rings. The third-order valence-electron chi connectivity index (χ3n) is 7.52. The molecular formula is C34H30. The predicted octanol–water partition coefficient (Wildman–Crippen LogP) is 9.77. The van der Waals surface area contributed by atoms with Gasteiger partial charge in [0.15, 0.2) is 0 Å². The van der Waals surface area contributed by atoms with Crippen LogP contribution in [0.2, 0.25) is 0 Å². The highest BCUT2D eigenvalue weighted by Crippen LogP contribution is 2.47. The second kappa shape index (κ2) is 7.43. The van der Waals surface area contributed by atoms with Crippen molar-refractivity contribution in [2.45, 2.75) is 41.5 Å². The first-order valence-electron chi connectivity index (χ1n) is 12.2. The Balaban J connectivity index is 1.88. The molecule has 0 unspecified atom stereocenters. The van der Waals surface area contributed by atoms with Gasteiger partial charge >= 0.3 is 0 Å². The highest BCUT2D eigenvalue weighted by Gasteiger charge is 2.21. The third kappa shape index (κ3) is 2.98. The Bertz CT molecular complexity index is 1680. The molecule has 0 saturated heterocycles. The summed E-state index contributed by atoms with van der Waals surface area (Å²) < 4.78 is 0. The van der Waals surface area contributed by atoms with E-state index in [-0.39, 0.29) is 0 Å². The van der Waals surface area contributed by atoms with E-state index in [4.69, 9.17) is 0 Å². The number of benzene rings is 6. The van der Waals surface area contributed by atoms with Crippen LogP contribution in [0.1, 0.15) is 33.4 Å². The molecule has 0 amide bonds. The van der Waals surface area contributed by atoms with Crippen molar-refractivity contribution in [2.75, 3.05) is 0 Å². The summed E-state index contributed by atoms with van der Waals surface area (Å²) in [5.41, 5.74) is 13.5. The van der Waals surface area contributed by atoms with Gasteiger partial charge in [-0.2, -0.15) is 0 Å². The molecular weight excluding hydrogens is 408 g/mol. The maximum absolute atomic E-state index is 2.45. The molecule has 0 nitrogen and oxygen atoms in total. The van der Waals surface area contributed by atoms with E-state index in [0.717, 1.165) is 0 Å². The van der Waals surface area contributed by atoms with Crippen molar-refractivity contribution in [3.8, 4) is 22.3 Å². The van der Waals surface area contributed by atoms with E-state index < -0.39 is 0 Å². The van der Waals surface area contributed by atoms with Crippen molar-refractivity contribution in [2.24, 2.45) is 0 Å². The molecule has 0 aromatic heterocycles. The number of hydrogen-bond donors (Lipinski definition) is 0. The lowest BCUT2D eigenvalue weighted by Crippen LogP contribution is -1.98.